The van der Waals surface area contributed by atoms with Crippen LogP contribution in [0.5, 0.6) is 5.75 Å². The zero-order valence-corrected chi connectivity index (χ0v) is 11.3. The molecule has 1 unspecified atom stereocenters. The quantitative estimate of drug-likeness (QED) is 0.773. The number of amides is 1. The second-order valence-corrected chi connectivity index (χ2v) is 4.64. The van der Waals surface area contributed by atoms with Gasteiger partial charge < -0.3 is 15.8 Å². The first-order valence-electron chi connectivity index (χ1n) is 6.22. The van der Waals surface area contributed by atoms with Crippen molar-refractivity contribution in [3.8, 4) is 5.75 Å². The standard InChI is InChI=1S/C14H22N2O2/c1-4-16-14(3,13(15)17)8-9-18-12-7-5-6-11(2)10-12/h5-7,10,16H,4,8-9H2,1-3H3,(H2,15,17). The largest absolute Gasteiger partial charge is 0.494 e. The number of hydrogen-bond acceptors (Lipinski definition) is 3. The van der Waals surface area contributed by atoms with Gasteiger partial charge in [0.05, 0.1) is 12.1 Å². The smallest absolute Gasteiger partial charge is 0.237 e. The molecule has 0 aromatic heterocycles. The van der Waals surface area contributed by atoms with Crippen molar-refractivity contribution < 1.29 is 9.53 Å². The van der Waals surface area contributed by atoms with Gasteiger partial charge in [0.2, 0.25) is 5.91 Å². The Bertz CT molecular complexity index is 407. The van der Waals surface area contributed by atoms with Gasteiger partial charge in [0.25, 0.3) is 0 Å². The number of carbonyl (C=O) groups excluding carboxylic acids is 1. The van der Waals surface area contributed by atoms with E-state index in [0.29, 0.717) is 19.6 Å². The zero-order chi connectivity index (χ0) is 13.6. The highest BCUT2D eigenvalue weighted by Gasteiger charge is 2.29. The van der Waals surface area contributed by atoms with E-state index in [1.807, 2.05) is 38.1 Å². The molecule has 1 aromatic rings. The van der Waals surface area contributed by atoms with Crippen LogP contribution in [0, 0.1) is 6.92 Å². The van der Waals surface area contributed by atoms with E-state index in [1.54, 1.807) is 6.92 Å². The van der Waals surface area contributed by atoms with Gasteiger partial charge in [0.1, 0.15) is 5.75 Å². The van der Waals surface area contributed by atoms with Gasteiger partial charge in [-0.05, 0) is 38.1 Å². The summed E-state index contributed by atoms with van der Waals surface area (Å²) in [6.07, 6.45) is 0.546. The average molecular weight is 250 g/mol. The minimum Gasteiger partial charge on any atom is -0.494 e. The molecule has 0 aliphatic heterocycles. The van der Waals surface area contributed by atoms with Crippen molar-refractivity contribution in [2.45, 2.75) is 32.7 Å². The summed E-state index contributed by atoms with van der Waals surface area (Å²) in [5, 5.41) is 3.10. The van der Waals surface area contributed by atoms with Gasteiger partial charge in [-0.2, -0.15) is 0 Å². The maximum absolute atomic E-state index is 11.4. The van der Waals surface area contributed by atoms with Crippen LogP contribution in [0.3, 0.4) is 0 Å². The number of primary amides is 1. The van der Waals surface area contributed by atoms with Crippen molar-refractivity contribution in [3.05, 3.63) is 29.8 Å². The lowest BCUT2D eigenvalue weighted by Crippen LogP contribution is -2.53. The molecule has 0 heterocycles. The Morgan fingerprint density at radius 2 is 2.22 bits per heavy atom. The number of benzene rings is 1. The van der Waals surface area contributed by atoms with Gasteiger partial charge in [0.15, 0.2) is 0 Å². The van der Waals surface area contributed by atoms with Crippen LogP contribution in [-0.2, 0) is 4.79 Å². The molecule has 100 valence electrons. The highest BCUT2D eigenvalue weighted by Crippen LogP contribution is 2.15. The van der Waals surface area contributed by atoms with Gasteiger partial charge in [0, 0.05) is 6.42 Å². The molecule has 0 radical (unpaired) electrons. The predicted octanol–water partition coefficient (Wildman–Crippen LogP) is 1.62. The SMILES string of the molecule is CCNC(C)(CCOc1cccc(C)c1)C(N)=O. The second kappa shape index (κ2) is 6.40. The number of carbonyl (C=O) groups is 1. The first-order chi connectivity index (χ1) is 8.48. The van der Waals surface area contributed by atoms with Crippen LogP contribution in [0.4, 0.5) is 0 Å². The number of aryl methyl sites for hydroxylation is 1. The molecular weight excluding hydrogens is 228 g/mol. The van der Waals surface area contributed by atoms with Gasteiger partial charge in [-0.25, -0.2) is 0 Å². The van der Waals surface area contributed by atoms with Crippen LogP contribution < -0.4 is 15.8 Å². The Hall–Kier alpha value is -1.55. The van der Waals surface area contributed by atoms with Crippen molar-refractivity contribution >= 4 is 5.91 Å². The summed E-state index contributed by atoms with van der Waals surface area (Å²) in [5.41, 5.74) is 5.84. The fraction of sp³-hybridized carbons (Fsp3) is 0.500. The highest BCUT2D eigenvalue weighted by atomic mass is 16.5. The molecule has 1 aromatic carbocycles. The molecule has 0 spiro atoms. The molecule has 1 atom stereocenters. The van der Waals surface area contributed by atoms with Gasteiger partial charge in [-0.3, -0.25) is 4.79 Å². The summed E-state index contributed by atoms with van der Waals surface area (Å²) in [4.78, 5) is 11.4. The lowest BCUT2D eigenvalue weighted by molar-refractivity contribution is -0.124. The van der Waals surface area contributed by atoms with E-state index in [9.17, 15) is 4.79 Å². The molecule has 0 saturated heterocycles. The van der Waals surface area contributed by atoms with Crippen molar-refractivity contribution in [2.24, 2.45) is 5.73 Å². The zero-order valence-electron chi connectivity index (χ0n) is 11.3. The van der Waals surface area contributed by atoms with Gasteiger partial charge in [-0.15, -0.1) is 0 Å². The van der Waals surface area contributed by atoms with E-state index in [2.05, 4.69) is 5.32 Å². The second-order valence-electron chi connectivity index (χ2n) is 4.64. The minimum atomic E-state index is -0.710. The molecule has 1 rings (SSSR count). The number of likely N-dealkylation sites (N-methyl/N-ethyl adjacent to an activating group) is 1. The van der Waals surface area contributed by atoms with Crippen molar-refractivity contribution in [1.29, 1.82) is 0 Å². The molecule has 1 amide bonds. The molecule has 0 aliphatic carbocycles. The Labute approximate surface area is 109 Å². The number of ether oxygens (including phenoxy) is 1. The normalized spacial score (nSPS) is 13.9. The predicted molar refractivity (Wildman–Crippen MR) is 72.6 cm³/mol. The van der Waals surface area contributed by atoms with Crippen molar-refractivity contribution in [1.82, 2.24) is 5.32 Å². The Morgan fingerprint density at radius 3 is 2.78 bits per heavy atom. The maximum atomic E-state index is 11.4. The summed E-state index contributed by atoms with van der Waals surface area (Å²) >= 11 is 0. The Balaban J connectivity index is 2.51. The summed E-state index contributed by atoms with van der Waals surface area (Å²) in [7, 11) is 0. The van der Waals surface area contributed by atoms with E-state index >= 15 is 0 Å². The fourth-order valence-corrected chi connectivity index (χ4v) is 1.77. The van der Waals surface area contributed by atoms with Crippen LogP contribution in [-0.4, -0.2) is 24.6 Å². The minimum absolute atomic E-state index is 0.350. The van der Waals surface area contributed by atoms with Crippen LogP contribution in [0.15, 0.2) is 24.3 Å². The summed E-state index contributed by atoms with van der Waals surface area (Å²) in [6, 6.07) is 7.83. The van der Waals surface area contributed by atoms with E-state index in [-0.39, 0.29) is 5.91 Å². The first-order valence-corrected chi connectivity index (χ1v) is 6.22. The number of nitrogens with one attached hydrogen (secondary N) is 1. The van der Waals surface area contributed by atoms with Crippen LogP contribution in [0.25, 0.3) is 0 Å². The van der Waals surface area contributed by atoms with E-state index in [4.69, 9.17) is 10.5 Å². The summed E-state index contributed by atoms with van der Waals surface area (Å²) < 4.78 is 5.63. The lowest BCUT2D eigenvalue weighted by Gasteiger charge is -2.26. The Kier molecular flexibility index (Phi) is 5.16. The van der Waals surface area contributed by atoms with Crippen molar-refractivity contribution in [3.63, 3.8) is 0 Å². The van der Waals surface area contributed by atoms with E-state index in [0.717, 1.165) is 11.3 Å². The fourth-order valence-electron chi connectivity index (χ4n) is 1.77. The molecule has 18 heavy (non-hydrogen) atoms. The molecule has 4 nitrogen and oxygen atoms in total. The van der Waals surface area contributed by atoms with Gasteiger partial charge in [-0.1, -0.05) is 19.1 Å². The molecule has 4 heteroatoms. The third kappa shape index (κ3) is 4.04. The third-order valence-electron chi connectivity index (χ3n) is 2.97. The Morgan fingerprint density at radius 1 is 1.50 bits per heavy atom. The first kappa shape index (κ1) is 14.5. The van der Waals surface area contributed by atoms with E-state index in [1.165, 1.54) is 0 Å². The third-order valence-corrected chi connectivity index (χ3v) is 2.97. The topological polar surface area (TPSA) is 64.3 Å². The molecule has 0 bridgehead atoms. The number of rotatable bonds is 7. The lowest BCUT2D eigenvalue weighted by atomic mass is 9.97. The van der Waals surface area contributed by atoms with E-state index < -0.39 is 5.54 Å². The monoisotopic (exact) mass is 250 g/mol. The molecule has 3 N–H and O–H groups in total. The maximum Gasteiger partial charge on any atom is 0.237 e. The van der Waals surface area contributed by atoms with Crippen LogP contribution in [0.2, 0.25) is 0 Å². The molecule has 0 aliphatic rings. The molecular formula is C14H22N2O2. The molecule has 0 saturated carbocycles. The highest BCUT2D eigenvalue weighted by molar-refractivity contribution is 5.84. The molecule has 0 fully saturated rings. The van der Waals surface area contributed by atoms with Gasteiger partial charge >= 0.3 is 0 Å². The number of hydrogen-bond donors (Lipinski definition) is 2. The van der Waals surface area contributed by atoms with Crippen LogP contribution >= 0.6 is 0 Å². The van der Waals surface area contributed by atoms with Crippen LogP contribution in [0.1, 0.15) is 25.8 Å². The van der Waals surface area contributed by atoms with Crippen molar-refractivity contribution in [2.75, 3.05) is 13.2 Å². The average Bonchev–Trinajstić information content (AvgIpc) is 2.29. The summed E-state index contributed by atoms with van der Waals surface area (Å²) in [6.45, 7) is 6.92. The number of nitrogens with two attached hydrogens (primary N) is 1. The summed E-state index contributed by atoms with van der Waals surface area (Å²) in [5.74, 6) is 0.468.